The number of nitro benzene ring substituents is 1. The summed E-state index contributed by atoms with van der Waals surface area (Å²) in [6, 6.07) is 6.57. The molecule has 2 saturated heterocycles. The lowest BCUT2D eigenvalue weighted by molar-refractivity contribution is -0.384. The van der Waals surface area contributed by atoms with Gasteiger partial charge in [-0.1, -0.05) is 12.8 Å². The van der Waals surface area contributed by atoms with Crippen LogP contribution < -0.4 is 4.90 Å². The Bertz CT molecular complexity index is 749. The molecule has 8 nitrogen and oxygen atoms in total. The normalized spacial score (nSPS) is 22.8. The van der Waals surface area contributed by atoms with E-state index in [1.54, 1.807) is 12.1 Å². The van der Waals surface area contributed by atoms with Gasteiger partial charge in [-0.25, -0.2) is 0 Å². The molecule has 2 aliphatic heterocycles. The maximum Gasteiger partial charge on any atom is 0.269 e. The molecule has 3 aliphatic rings. The van der Waals surface area contributed by atoms with Crippen LogP contribution in [0.3, 0.4) is 0 Å². The van der Waals surface area contributed by atoms with E-state index in [2.05, 4.69) is 9.80 Å². The minimum atomic E-state index is -0.405. The number of imide groups is 1. The van der Waals surface area contributed by atoms with Gasteiger partial charge in [-0.05, 0) is 25.0 Å². The molecule has 1 aromatic carbocycles. The molecule has 0 aromatic heterocycles. The van der Waals surface area contributed by atoms with Gasteiger partial charge in [0.2, 0.25) is 11.8 Å². The van der Waals surface area contributed by atoms with Crippen LogP contribution in [0.2, 0.25) is 0 Å². The summed E-state index contributed by atoms with van der Waals surface area (Å²) in [5, 5.41) is 10.8. The summed E-state index contributed by atoms with van der Waals surface area (Å²) in [7, 11) is 0. The van der Waals surface area contributed by atoms with Gasteiger partial charge in [-0.15, -0.1) is 0 Å². The summed E-state index contributed by atoms with van der Waals surface area (Å²) in [5.41, 5.74) is 0.639. The van der Waals surface area contributed by atoms with Crippen molar-refractivity contribution in [3.8, 4) is 0 Å². The Morgan fingerprint density at radius 1 is 1.00 bits per heavy atom. The molecule has 27 heavy (non-hydrogen) atoms. The number of hydrogen-bond acceptors (Lipinski definition) is 6. The zero-order valence-corrected chi connectivity index (χ0v) is 15.3. The summed E-state index contributed by atoms with van der Waals surface area (Å²) in [6.45, 7) is 3.41. The van der Waals surface area contributed by atoms with Crippen molar-refractivity contribution in [1.29, 1.82) is 0 Å². The molecule has 0 N–H and O–H groups in total. The van der Waals surface area contributed by atoms with Gasteiger partial charge in [0.1, 0.15) is 0 Å². The van der Waals surface area contributed by atoms with Crippen LogP contribution in [0.4, 0.5) is 11.4 Å². The Labute approximate surface area is 157 Å². The smallest absolute Gasteiger partial charge is 0.269 e. The summed E-state index contributed by atoms with van der Waals surface area (Å²) >= 11 is 0. The van der Waals surface area contributed by atoms with E-state index in [-0.39, 0.29) is 17.5 Å². The van der Waals surface area contributed by atoms with Gasteiger partial charge < -0.3 is 4.90 Å². The van der Waals surface area contributed by atoms with Crippen molar-refractivity contribution in [3.05, 3.63) is 34.4 Å². The Morgan fingerprint density at radius 3 is 2.22 bits per heavy atom. The number of amides is 2. The van der Waals surface area contributed by atoms with E-state index in [4.69, 9.17) is 0 Å². The van der Waals surface area contributed by atoms with Crippen LogP contribution in [-0.4, -0.2) is 59.4 Å². The van der Waals surface area contributed by atoms with E-state index in [1.165, 1.54) is 17.0 Å². The van der Waals surface area contributed by atoms with Crippen LogP contribution in [0.1, 0.15) is 32.1 Å². The average molecular weight is 372 g/mol. The van der Waals surface area contributed by atoms with Crippen LogP contribution >= 0.6 is 0 Å². The lowest BCUT2D eigenvalue weighted by atomic mass is 9.85. The Balaban J connectivity index is 1.34. The van der Waals surface area contributed by atoms with E-state index in [9.17, 15) is 19.7 Å². The third-order valence-corrected chi connectivity index (χ3v) is 6.19. The van der Waals surface area contributed by atoms with Gasteiger partial charge in [0.15, 0.2) is 0 Å². The molecule has 144 valence electrons. The van der Waals surface area contributed by atoms with Crippen LogP contribution in [0, 0.1) is 15.5 Å². The Hall–Kier alpha value is -2.48. The first kappa shape index (κ1) is 17.9. The van der Waals surface area contributed by atoms with Crippen molar-refractivity contribution in [2.24, 2.45) is 5.41 Å². The van der Waals surface area contributed by atoms with Gasteiger partial charge in [0.05, 0.1) is 17.0 Å². The third kappa shape index (κ3) is 3.29. The number of anilines is 1. The monoisotopic (exact) mass is 372 g/mol. The molecule has 2 heterocycles. The van der Waals surface area contributed by atoms with Crippen molar-refractivity contribution >= 4 is 23.2 Å². The van der Waals surface area contributed by atoms with Crippen LogP contribution in [0.15, 0.2) is 24.3 Å². The van der Waals surface area contributed by atoms with Crippen molar-refractivity contribution in [3.63, 3.8) is 0 Å². The van der Waals surface area contributed by atoms with E-state index < -0.39 is 10.3 Å². The predicted octanol–water partition coefficient (Wildman–Crippen LogP) is 1.99. The molecule has 1 aromatic rings. The van der Waals surface area contributed by atoms with Crippen molar-refractivity contribution in [2.75, 3.05) is 37.7 Å². The predicted molar refractivity (Wildman–Crippen MR) is 99.1 cm³/mol. The molecule has 3 fully saturated rings. The fourth-order valence-corrected chi connectivity index (χ4v) is 4.58. The molecular weight excluding hydrogens is 348 g/mol. The van der Waals surface area contributed by atoms with E-state index in [0.29, 0.717) is 13.1 Å². The lowest BCUT2D eigenvalue weighted by Crippen LogP contribution is -2.51. The van der Waals surface area contributed by atoms with E-state index in [0.717, 1.165) is 57.5 Å². The lowest BCUT2D eigenvalue weighted by Gasteiger charge is -2.37. The second-order valence-electron chi connectivity index (χ2n) is 7.81. The molecule has 0 atom stereocenters. The number of likely N-dealkylation sites (tertiary alicyclic amines) is 1. The maximum absolute atomic E-state index is 12.8. The third-order valence-electron chi connectivity index (χ3n) is 6.19. The fraction of sp³-hybridized carbons (Fsp3) is 0.579. The minimum Gasteiger partial charge on any atom is -0.369 e. The highest BCUT2D eigenvalue weighted by molar-refractivity contribution is 6.06. The summed E-state index contributed by atoms with van der Waals surface area (Å²) < 4.78 is 0. The summed E-state index contributed by atoms with van der Waals surface area (Å²) in [5.74, 6) is 0.00231. The van der Waals surface area contributed by atoms with E-state index >= 15 is 0 Å². The first-order valence-corrected chi connectivity index (χ1v) is 9.55. The fourth-order valence-electron chi connectivity index (χ4n) is 4.58. The quantitative estimate of drug-likeness (QED) is 0.456. The van der Waals surface area contributed by atoms with Crippen molar-refractivity contribution in [2.45, 2.75) is 32.1 Å². The molecule has 1 spiro atoms. The molecule has 0 bridgehead atoms. The number of benzene rings is 1. The number of non-ortho nitro benzene ring substituents is 1. The molecule has 1 saturated carbocycles. The second-order valence-corrected chi connectivity index (χ2v) is 7.81. The first-order chi connectivity index (χ1) is 13.0. The van der Waals surface area contributed by atoms with Crippen LogP contribution in [0.25, 0.3) is 0 Å². The van der Waals surface area contributed by atoms with Gasteiger partial charge in [-0.3, -0.25) is 29.5 Å². The number of carbonyl (C=O) groups is 2. The van der Waals surface area contributed by atoms with Gasteiger partial charge in [-0.2, -0.15) is 0 Å². The highest BCUT2D eigenvalue weighted by Gasteiger charge is 2.52. The number of rotatable bonds is 4. The van der Waals surface area contributed by atoms with Crippen LogP contribution in [0.5, 0.6) is 0 Å². The highest BCUT2D eigenvalue weighted by Crippen LogP contribution is 2.46. The number of piperazine rings is 1. The molecule has 1 aliphatic carbocycles. The average Bonchev–Trinajstić information content (AvgIpc) is 3.23. The summed E-state index contributed by atoms with van der Waals surface area (Å²) in [6.07, 6.45) is 4.17. The van der Waals surface area contributed by atoms with Gasteiger partial charge in [0.25, 0.3) is 5.69 Å². The zero-order valence-electron chi connectivity index (χ0n) is 15.3. The standard InChI is InChI=1S/C19H24N4O4/c24-17-13-19(7-1-2-8-19)18(25)22(17)14-20-9-11-21(12-10-20)15-3-5-16(6-4-15)23(26)27/h3-6H,1-2,7-14H2. The molecule has 8 heteroatoms. The Kier molecular flexibility index (Phi) is 4.59. The number of hydrogen-bond donors (Lipinski definition) is 0. The van der Waals surface area contributed by atoms with Crippen molar-refractivity contribution < 1.29 is 14.5 Å². The van der Waals surface area contributed by atoms with Crippen molar-refractivity contribution in [1.82, 2.24) is 9.80 Å². The number of carbonyl (C=O) groups excluding carboxylic acids is 2. The molecule has 0 unspecified atom stereocenters. The largest absolute Gasteiger partial charge is 0.369 e. The SMILES string of the molecule is O=C1CC2(CCCC2)C(=O)N1CN1CCN(c2ccc([N+](=O)[O-])cc2)CC1. The zero-order chi connectivity index (χ0) is 19.0. The van der Waals surface area contributed by atoms with Gasteiger partial charge in [0, 0.05) is 50.4 Å². The highest BCUT2D eigenvalue weighted by atomic mass is 16.6. The molecule has 2 amide bonds. The van der Waals surface area contributed by atoms with Gasteiger partial charge >= 0.3 is 0 Å². The molecular formula is C19H24N4O4. The topological polar surface area (TPSA) is 87.0 Å². The maximum atomic E-state index is 12.8. The molecule has 0 radical (unpaired) electrons. The number of nitrogens with zero attached hydrogens (tertiary/aromatic N) is 4. The Morgan fingerprint density at radius 2 is 1.63 bits per heavy atom. The van der Waals surface area contributed by atoms with Crippen LogP contribution in [-0.2, 0) is 9.59 Å². The number of nitro groups is 1. The molecule has 4 rings (SSSR count). The minimum absolute atomic E-state index is 0.0281. The summed E-state index contributed by atoms with van der Waals surface area (Å²) in [4.78, 5) is 41.4. The van der Waals surface area contributed by atoms with E-state index in [1.807, 2.05) is 0 Å². The first-order valence-electron chi connectivity index (χ1n) is 9.55. The second kappa shape index (κ2) is 6.92.